The van der Waals surface area contributed by atoms with Crippen LogP contribution in [0.15, 0.2) is 48.6 Å². The third kappa shape index (κ3) is 17.0. The molecule has 2 heterocycles. The van der Waals surface area contributed by atoms with Gasteiger partial charge in [-0.25, -0.2) is 9.59 Å². The monoisotopic (exact) mass is 885 g/mol. The van der Waals surface area contributed by atoms with Crippen molar-refractivity contribution >= 4 is 20.0 Å². The van der Waals surface area contributed by atoms with E-state index in [4.69, 9.17) is 33.9 Å². The second-order valence-electron chi connectivity index (χ2n) is 18.9. The number of aliphatic hydroxyl groups excluding tert-OH is 4. The van der Waals surface area contributed by atoms with Crippen molar-refractivity contribution in [1.29, 1.82) is 0 Å². The lowest BCUT2D eigenvalue weighted by Crippen LogP contribution is -2.34. The largest absolute Gasteiger partial charge is 0.478 e. The summed E-state index contributed by atoms with van der Waals surface area (Å²) in [6, 6.07) is 8.86. The first-order valence-electron chi connectivity index (χ1n) is 22.2. The van der Waals surface area contributed by atoms with Crippen LogP contribution in [-0.4, -0.2) is 114 Å². The number of hydrogen-bond donors (Lipinski definition) is 5. The lowest BCUT2D eigenvalue weighted by Gasteiger charge is -2.20. The molecule has 2 aromatic rings. The van der Waals surface area contributed by atoms with Gasteiger partial charge in [0.2, 0.25) is 0 Å². The first kappa shape index (κ1) is 53.1. The van der Waals surface area contributed by atoms with Crippen LogP contribution in [0.1, 0.15) is 120 Å². The Hall–Kier alpha value is -3.24. The molecule has 62 heavy (non-hydrogen) atoms. The third-order valence-electron chi connectivity index (χ3n) is 10.9. The number of hydrogen-bond acceptors (Lipinski definition) is 11. The fraction of sp³-hybridized carbons (Fsp3) is 0.633. The summed E-state index contributed by atoms with van der Waals surface area (Å²) in [6.07, 6.45) is 8.75. The van der Waals surface area contributed by atoms with Gasteiger partial charge >= 0.3 is 11.9 Å². The zero-order valence-corrected chi connectivity index (χ0v) is 40.2. The first-order valence-corrected chi connectivity index (χ1v) is 25.9. The number of aromatic carboxylic acids is 1. The van der Waals surface area contributed by atoms with E-state index in [0.29, 0.717) is 56.3 Å². The number of esters is 1. The maximum atomic E-state index is 12.9. The number of carboxylic acids is 1. The summed E-state index contributed by atoms with van der Waals surface area (Å²) >= 11 is 0. The molecule has 348 valence electrons. The summed E-state index contributed by atoms with van der Waals surface area (Å²) in [4.78, 5) is 24.6. The van der Waals surface area contributed by atoms with Crippen LogP contribution in [-0.2, 0) is 36.5 Å². The fourth-order valence-corrected chi connectivity index (χ4v) is 8.92. The molecule has 2 aliphatic rings. The minimum absolute atomic E-state index is 0.0297. The van der Waals surface area contributed by atoms with Gasteiger partial charge in [0.05, 0.1) is 29.9 Å². The van der Waals surface area contributed by atoms with Gasteiger partial charge in [-0.05, 0) is 135 Å². The van der Waals surface area contributed by atoms with Crippen LogP contribution in [0.4, 0.5) is 0 Å². The summed E-state index contributed by atoms with van der Waals surface area (Å²) in [6.45, 7) is 22.5. The quantitative estimate of drug-likeness (QED) is 0.0463. The number of aryl methyl sites for hydroxylation is 6. The van der Waals surface area contributed by atoms with Crippen molar-refractivity contribution < 1.29 is 58.8 Å². The molecule has 5 N–H and O–H groups in total. The van der Waals surface area contributed by atoms with E-state index >= 15 is 0 Å². The molecule has 6 atom stereocenters. The molecule has 2 fully saturated rings. The topological polar surface area (TPSA) is 181 Å². The second-order valence-corrected chi connectivity index (χ2v) is 24.5. The number of benzene rings is 2. The van der Waals surface area contributed by atoms with Crippen LogP contribution in [0, 0.1) is 27.7 Å². The lowest BCUT2D eigenvalue weighted by atomic mass is 9.93. The van der Waals surface area contributed by atoms with E-state index < -0.39 is 50.0 Å². The van der Waals surface area contributed by atoms with Crippen LogP contribution < -0.4 is 0 Å². The van der Waals surface area contributed by atoms with Crippen LogP contribution in [0.25, 0.3) is 0 Å². The average Bonchev–Trinajstić information content (AvgIpc) is 3.64. The third-order valence-corrected chi connectivity index (χ3v) is 12.6. The number of aliphatic hydroxyl groups is 4. The molecule has 4 unspecified atom stereocenters. The van der Waals surface area contributed by atoms with Gasteiger partial charge in [0.25, 0.3) is 0 Å². The molecule has 2 aliphatic heterocycles. The van der Waals surface area contributed by atoms with E-state index in [1.807, 2.05) is 73.6 Å². The summed E-state index contributed by atoms with van der Waals surface area (Å²) in [5.41, 5.74) is 6.74. The molecule has 0 saturated carbocycles. The summed E-state index contributed by atoms with van der Waals surface area (Å²) in [7, 11) is -1.28. The highest BCUT2D eigenvalue weighted by Crippen LogP contribution is 2.35. The highest BCUT2D eigenvalue weighted by molar-refractivity contribution is 6.76. The molecular weight excluding hydrogens is 809 g/mol. The van der Waals surface area contributed by atoms with Crippen molar-refractivity contribution in [2.45, 2.75) is 181 Å². The van der Waals surface area contributed by atoms with Gasteiger partial charge in [-0.2, -0.15) is 0 Å². The zero-order valence-electron chi connectivity index (χ0n) is 39.2. The highest BCUT2D eigenvalue weighted by atomic mass is 28.3. The Morgan fingerprint density at radius 2 is 1.13 bits per heavy atom. The molecule has 2 aromatic carbocycles. The van der Waals surface area contributed by atoms with Crippen molar-refractivity contribution in [2.75, 3.05) is 19.8 Å². The highest BCUT2D eigenvalue weighted by Gasteiger charge is 2.45. The average molecular weight is 885 g/mol. The summed E-state index contributed by atoms with van der Waals surface area (Å²) < 4.78 is 29.6. The maximum Gasteiger partial charge on any atom is 0.338 e. The Kier molecular flexibility index (Phi) is 20.7. The standard InChI is InChI=1S/C27H44O6Si.C22H32O6/c1-19-17-20(2)24(26(30)31-15-16-34(5,6)7)21(18-19)11-10-13-23-25(33-27(3,4)32-23)22(29)12-8-9-14-28;1-14-12-15(2)19(21(25)26)16(13-14)8-7-10-18-20(28-22(3,4)27-18)17(24)9-5-6-11-23/h8,12,17-18,22-23,25,28-29H,9-11,13-16H2,1-7H3;5,9,12-13,17-18,20,23-24H,6-8,10-11H2,1-4H3,(H,25,26)/b12-8-;9-5-/t22?,23-,25?;17?,18-,20?/m00/s1. The Bertz CT molecular complexity index is 1810. The Morgan fingerprint density at radius 1 is 0.710 bits per heavy atom. The van der Waals surface area contributed by atoms with Crippen LogP contribution in [0.5, 0.6) is 0 Å². The molecule has 0 amide bonds. The number of carboxylic acid groups (broad SMARTS) is 1. The maximum absolute atomic E-state index is 12.9. The predicted octanol–water partition coefficient (Wildman–Crippen LogP) is 8.08. The summed E-state index contributed by atoms with van der Waals surface area (Å²) in [5.74, 6) is -2.70. The minimum atomic E-state index is -1.28. The smallest absolute Gasteiger partial charge is 0.338 e. The number of ether oxygens (including phenoxy) is 5. The molecular formula is C49H76O12Si. The molecule has 13 heteroatoms. The van der Waals surface area contributed by atoms with Crippen molar-refractivity contribution in [2.24, 2.45) is 0 Å². The molecule has 0 spiro atoms. The molecule has 0 radical (unpaired) electrons. The Morgan fingerprint density at radius 3 is 1.53 bits per heavy atom. The zero-order chi connectivity index (χ0) is 46.4. The van der Waals surface area contributed by atoms with Gasteiger partial charge in [0.15, 0.2) is 11.6 Å². The van der Waals surface area contributed by atoms with Gasteiger partial charge < -0.3 is 49.2 Å². The van der Waals surface area contributed by atoms with Gasteiger partial charge in [0, 0.05) is 21.3 Å². The SMILES string of the molecule is Cc1cc(C)c(C(=O)O)c(CCC[C@@H]2OC(C)(C)OC2C(O)/C=C\CCO)c1.Cc1cc(C)c(C(=O)OCC[Si](C)(C)C)c(CCC[C@@H]2OC(C)(C)OC2C(O)/C=C\CCO)c1. The normalized spacial score (nSPS) is 21.9. The fourth-order valence-electron chi connectivity index (χ4n) is 8.20. The van der Waals surface area contributed by atoms with Crippen molar-refractivity contribution in [3.05, 3.63) is 93.1 Å². The van der Waals surface area contributed by atoms with Crippen molar-refractivity contribution in [1.82, 2.24) is 0 Å². The second kappa shape index (κ2) is 24.2. The Labute approximate surface area is 371 Å². The van der Waals surface area contributed by atoms with Gasteiger partial charge in [0.1, 0.15) is 24.4 Å². The predicted molar refractivity (Wildman–Crippen MR) is 244 cm³/mol. The lowest BCUT2D eigenvalue weighted by molar-refractivity contribution is -0.153. The molecule has 0 aliphatic carbocycles. The number of carbonyl (C=O) groups is 2. The molecule has 0 aromatic heterocycles. The number of rotatable bonds is 21. The van der Waals surface area contributed by atoms with Crippen LogP contribution >= 0.6 is 0 Å². The number of carbonyl (C=O) groups excluding carboxylic acids is 1. The Balaban J connectivity index is 0.000000336. The van der Waals surface area contributed by atoms with Crippen LogP contribution in [0.3, 0.4) is 0 Å². The van der Waals surface area contributed by atoms with Crippen LogP contribution in [0.2, 0.25) is 25.7 Å². The molecule has 2 saturated heterocycles. The van der Waals surface area contributed by atoms with Gasteiger partial charge in [-0.3, -0.25) is 0 Å². The minimum Gasteiger partial charge on any atom is -0.478 e. The van der Waals surface area contributed by atoms with Crippen molar-refractivity contribution in [3.63, 3.8) is 0 Å². The summed E-state index contributed by atoms with van der Waals surface area (Å²) in [5, 5.41) is 48.4. The van der Waals surface area contributed by atoms with E-state index in [9.17, 15) is 24.9 Å². The molecule has 4 rings (SSSR count). The molecule has 12 nitrogen and oxygen atoms in total. The van der Waals surface area contributed by atoms with E-state index in [-0.39, 0.29) is 31.4 Å². The first-order chi connectivity index (χ1) is 29.0. The van der Waals surface area contributed by atoms with E-state index in [0.717, 1.165) is 52.3 Å². The van der Waals surface area contributed by atoms with E-state index in [2.05, 4.69) is 25.7 Å². The van der Waals surface area contributed by atoms with E-state index in [1.54, 1.807) is 24.3 Å². The van der Waals surface area contributed by atoms with Crippen molar-refractivity contribution in [3.8, 4) is 0 Å². The van der Waals surface area contributed by atoms with Gasteiger partial charge in [-0.1, -0.05) is 79.3 Å². The van der Waals surface area contributed by atoms with E-state index in [1.165, 1.54) is 0 Å². The van der Waals surface area contributed by atoms with Gasteiger partial charge in [-0.15, -0.1) is 0 Å². The molecule has 0 bridgehead atoms.